The van der Waals surface area contributed by atoms with Crippen molar-refractivity contribution >= 4 is 35.1 Å². The van der Waals surface area contributed by atoms with Gasteiger partial charge in [-0.15, -0.1) is 0 Å². The highest BCUT2D eigenvalue weighted by Crippen LogP contribution is 2.38. The molecule has 0 radical (unpaired) electrons. The topological polar surface area (TPSA) is 115 Å². The Labute approximate surface area is 222 Å². The number of nitrogens with zero attached hydrogens (tertiary/aromatic N) is 3. The van der Waals surface area contributed by atoms with Gasteiger partial charge in [0.15, 0.2) is 11.6 Å². The number of hydrazine groups is 1. The molecule has 4 rings (SSSR count). The number of hydrogen-bond donors (Lipinski definition) is 2. The summed E-state index contributed by atoms with van der Waals surface area (Å²) in [6.45, 7) is 10.3. The van der Waals surface area contributed by atoms with Crippen molar-refractivity contribution < 1.29 is 23.8 Å². The Morgan fingerprint density at radius 1 is 1.14 bits per heavy atom. The van der Waals surface area contributed by atoms with E-state index in [-0.39, 0.29) is 22.7 Å². The predicted molar refractivity (Wildman–Crippen MR) is 140 cm³/mol. The second kappa shape index (κ2) is 10.8. The van der Waals surface area contributed by atoms with Gasteiger partial charge in [0.2, 0.25) is 5.28 Å². The first kappa shape index (κ1) is 27.1. The van der Waals surface area contributed by atoms with Crippen LogP contribution in [0.5, 0.6) is 0 Å². The van der Waals surface area contributed by atoms with Gasteiger partial charge in [-0.05, 0) is 70.2 Å². The lowest BCUT2D eigenvalue weighted by Gasteiger charge is -2.41. The summed E-state index contributed by atoms with van der Waals surface area (Å²) in [7, 11) is 0. The molecule has 11 heteroatoms. The summed E-state index contributed by atoms with van der Waals surface area (Å²) in [4.78, 5) is 34.8. The molecule has 1 spiro atoms. The number of rotatable bonds is 5. The highest BCUT2D eigenvalue weighted by molar-refractivity contribution is 6.28. The van der Waals surface area contributed by atoms with Crippen LogP contribution in [0.2, 0.25) is 5.28 Å². The van der Waals surface area contributed by atoms with Crippen molar-refractivity contribution in [3.05, 3.63) is 46.4 Å². The number of carbonyl (C=O) groups is 2. The smallest absolute Gasteiger partial charge is 0.426 e. The maximum absolute atomic E-state index is 13.5. The minimum atomic E-state index is -0.718. The Kier molecular flexibility index (Phi) is 7.91. The summed E-state index contributed by atoms with van der Waals surface area (Å²) in [6, 6.07) is 5.55. The van der Waals surface area contributed by atoms with Crippen molar-refractivity contribution in [1.29, 1.82) is 0 Å². The Hall–Kier alpha value is -2.95. The zero-order chi connectivity index (χ0) is 26.8. The Morgan fingerprint density at radius 3 is 2.35 bits per heavy atom. The number of aryl methyl sites for hydroxylation is 2. The highest BCUT2D eigenvalue weighted by Gasteiger charge is 2.43. The van der Waals surface area contributed by atoms with Gasteiger partial charge in [-0.1, -0.05) is 18.2 Å². The number of carbonyl (C=O) groups excluding carboxylic acids is 2. The first-order valence-corrected chi connectivity index (χ1v) is 12.8. The average Bonchev–Trinajstić information content (AvgIpc) is 3.27. The molecular formula is C26H34ClN5O5. The van der Waals surface area contributed by atoms with Gasteiger partial charge in [-0.3, -0.25) is 9.80 Å². The predicted octanol–water partition coefficient (Wildman–Crippen LogP) is 4.93. The number of benzene rings is 1. The lowest BCUT2D eigenvalue weighted by molar-refractivity contribution is -0.178. The second-order valence-electron chi connectivity index (χ2n) is 10.4. The standard InChI is InChI=1S/C26H34ClN5O5/c1-16-7-6-8-17(2)20(16)29-22(33)19-15-28-23(27)30-21(19)32(31-24(34)37-25(3,4)5)18-9-11-26(12-10-18)35-13-14-36-26/h6-8,15,18H,9-14H2,1-5H3,(H,29,33)(H,31,34). The molecule has 1 aliphatic carbocycles. The van der Waals surface area contributed by atoms with Gasteiger partial charge in [-0.25, -0.2) is 15.2 Å². The number of hydrogen-bond acceptors (Lipinski definition) is 8. The lowest BCUT2D eigenvalue weighted by atomic mass is 9.89. The molecule has 1 aliphatic heterocycles. The average molecular weight is 532 g/mol. The van der Waals surface area contributed by atoms with E-state index in [2.05, 4.69) is 20.7 Å². The summed E-state index contributed by atoms with van der Waals surface area (Å²) in [5.41, 5.74) is 4.80. The maximum Gasteiger partial charge on any atom is 0.426 e. The van der Waals surface area contributed by atoms with E-state index in [1.54, 1.807) is 25.8 Å². The number of aromatic nitrogens is 2. The molecule has 2 aliphatic rings. The van der Waals surface area contributed by atoms with Crippen molar-refractivity contribution in [3.63, 3.8) is 0 Å². The molecule has 0 atom stereocenters. The fourth-order valence-electron chi connectivity index (χ4n) is 4.69. The van der Waals surface area contributed by atoms with E-state index in [4.69, 9.17) is 25.8 Å². The Morgan fingerprint density at radius 2 is 1.76 bits per heavy atom. The molecule has 0 bridgehead atoms. The third-order valence-electron chi connectivity index (χ3n) is 6.44. The molecular weight excluding hydrogens is 498 g/mol. The minimum Gasteiger partial charge on any atom is -0.443 e. The highest BCUT2D eigenvalue weighted by atomic mass is 35.5. The van der Waals surface area contributed by atoms with Gasteiger partial charge >= 0.3 is 6.09 Å². The number of amides is 2. The van der Waals surface area contributed by atoms with Crippen LogP contribution in [0.4, 0.5) is 16.3 Å². The van der Waals surface area contributed by atoms with Crippen molar-refractivity contribution in [3.8, 4) is 0 Å². The van der Waals surface area contributed by atoms with Gasteiger partial charge < -0.3 is 19.5 Å². The van der Waals surface area contributed by atoms with Gasteiger partial charge in [0, 0.05) is 24.7 Å². The van der Waals surface area contributed by atoms with E-state index in [0.717, 1.165) is 11.1 Å². The normalized spacial score (nSPS) is 17.5. The second-order valence-corrected chi connectivity index (χ2v) is 10.8. The fourth-order valence-corrected chi connectivity index (χ4v) is 4.82. The molecule has 200 valence electrons. The monoisotopic (exact) mass is 531 g/mol. The fraction of sp³-hybridized carbons (Fsp3) is 0.538. The minimum absolute atomic E-state index is 0.0515. The largest absolute Gasteiger partial charge is 0.443 e. The maximum atomic E-state index is 13.5. The molecule has 2 heterocycles. The lowest BCUT2D eigenvalue weighted by Crippen LogP contribution is -2.54. The van der Waals surface area contributed by atoms with E-state index in [0.29, 0.717) is 44.6 Å². The zero-order valence-electron chi connectivity index (χ0n) is 21.9. The van der Waals surface area contributed by atoms with Gasteiger partial charge in [0.1, 0.15) is 11.2 Å². The van der Waals surface area contributed by atoms with Crippen molar-refractivity contribution in [2.75, 3.05) is 23.5 Å². The summed E-state index contributed by atoms with van der Waals surface area (Å²) >= 11 is 6.19. The molecule has 1 aromatic carbocycles. The number of ether oxygens (including phenoxy) is 3. The third-order valence-corrected chi connectivity index (χ3v) is 6.62. The van der Waals surface area contributed by atoms with Crippen LogP contribution in [-0.2, 0) is 14.2 Å². The molecule has 0 unspecified atom stereocenters. The molecule has 1 saturated carbocycles. The number of halogens is 1. The molecule has 10 nitrogen and oxygen atoms in total. The summed E-state index contributed by atoms with van der Waals surface area (Å²) in [6.07, 6.45) is 3.20. The molecule has 2 amide bonds. The van der Waals surface area contributed by atoms with Crippen LogP contribution >= 0.6 is 11.6 Å². The van der Waals surface area contributed by atoms with Crippen LogP contribution in [-0.4, -0.2) is 52.6 Å². The van der Waals surface area contributed by atoms with E-state index < -0.39 is 23.4 Å². The van der Waals surface area contributed by atoms with E-state index in [1.807, 2.05) is 32.0 Å². The van der Waals surface area contributed by atoms with Crippen LogP contribution in [0.1, 0.15) is 67.9 Å². The SMILES string of the molecule is Cc1cccc(C)c1NC(=O)c1cnc(Cl)nc1N(NC(=O)OC(C)(C)C)C1CCC2(CC1)OCCO2. The third kappa shape index (κ3) is 6.49. The van der Waals surface area contributed by atoms with Crippen molar-refractivity contribution in [2.24, 2.45) is 0 Å². The number of anilines is 2. The quantitative estimate of drug-likeness (QED) is 0.412. The van der Waals surface area contributed by atoms with E-state index in [1.165, 1.54) is 6.20 Å². The van der Waals surface area contributed by atoms with Crippen molar-refractivity contribution in [2.45, 2.75) is 77.7 Å². The Balaban J connectivity index is 1.66. The molecule has 1 aromatic heterocycles. The molecule has 2 fully saturated rings. The molecule has 1 saturated heterocycles. The van der Waals surface area contributed by atoms with Crippen LogP contribution in [0.25, 0.3) is 0 Å². The van der Waals surface area contributed by atoms with E-state index in [9.17, 15) is 9.59 Å². The summed E-state index contributed by atoms with van der Waals surface area (Å²) in [5, 5.41) is 4.49. The summed E-state index contributed by atoms with van der Waals surface area (Å²) in [5.74, 6) is -0.835. The molecule has 2 aromatic rings. The van der Waals surface area contributed by atoms with Crippen LogP contribution in [0.15, 0.2) is 24.4 Å². The van der Waals surface area contributed by atoms with Crippen LogP contribution < -0.4 is 15.8 Å². The van der Waals surface area contributed by atoms with Crippen molar-refractivity contribution in [1.82, 2.24) is 15.4 Å². The summed E-state index contributed by atoms with van der Waals surface area (Å²) < 4.78 is 17.3. The van der Waals surface area contributed by atoms with Crippen LogP contribution in [0.3, 0.4) is 0 Å². The Bertz CT molecular complexity index is 1130. The van der Waals surface area contributed by atoms with Gasteiger partial charge in [0.05, 0.1) is 19.3 Å². The first-order valence-electron chi connectivity index (χ1n) is 12.4. The van der Waals surface area contributed by atoms with Crippen LogP contribution in [0, 0.1) is 13.8 Å². The first-order chi connectivity index (χ1) is 17.5. The molecule has 2 N–H and O–H groups in total. The van der Waals surface area contributed by atoms with E-state index >= 15 is 0 Å². The van der Waals surface area contributed by atoms with Gasteiger partial charge in [0.25, 0.3) is 5.91 Å². The molecule has 37 heavy (non-hydrogen) atoms. The number of para-hydroxylation sites is 1. The van der Waals surface area contributed by atoms with Gasteiger partial charge in [-0.2, -0.15) is 4.98 Å². The zero-order valence-corrected chi connectivity index (χ0v) is 22.6. The number of nitrogens with one attached hydrogen (secondary N) is 2.